The maximum atomic E-state index is 5.64. The van der Waals surface area contributed by atoms with E-state index in [1.165, 1.54) is 12.8 Å². The molecule has 0 bridgehead atoms. The van der Waals surface area contributed by atoms with Crippen LogP contribution in [0.4, 0.5) is 5.95 Å². The van der Waals surface area contributed by atoms with Crippen LogP contribution in [0, 0.1) is 0 Å². The smallest absolute Gasteiger partial charge is 0.263 e. The zero-order valence-corrected chi connectivity index (χ0v) is 8.23. The average Bonchev–Trinajstić information content (AvgIpc) is 2.72. The van der Waals surface area contributed by atoms with Gasteiger partial charge in [-0.1, -0.05) is 5.10 Å². The lowest BCUT2D eigenvalue weighted by Crippen LogP contribution is -2.35. The van der Waals surface area contributed by atoms with Gasteiger partial charge in [0.15, 0.2) is 0 Å². The second-order valence-corrected chi connectivity index (χ2v) is 3.57. The molecule has 0 spiro atoms. The summed E-state index contributed by atoms with van der Waals surface area (Å²) in [6.45, 7) is 2.94. The molecule has 0 radical (unpaired) electrons. The van der Waals surface area contributed by atoms with Crippen molar-refractivity contribution in [3.05, 3.63) is 0 Å². The van der Waals surface area contributed by atoms with E-state index in [0.717, 1.165) is 13.0 Å². The highest BCUT2D eigenvalue weighted by Crippen LogP contribution is 2.17. The summed E-state index contributed by atoms with van der Waals surface area (Å²) in [6.07, 6.45) is 3.78. The maximum Gasteiger partial charge on any atom is 0.263 e. The molecule has 2 unspecified atom stereocenters. The molecule has 1 saturated heterocycles. The van der Waals surface area contributed by atoms with E-state index in [1.54, 1.807) is 0 Å². The average molecular weight is 197 g/mol. The number of hydrogen-bond donors (Lipinski definition) is 2. The lowest BCUT2D eigenvalue weighted by atomic mass is 10.0. The SMILES string of the molecule is CC(Nc1nn[nH]n1)C1CCCCO1. The lowest BCUT2D eigenvalue weighted by molar-refractivity contribution is 0.00773. The van der Waals surface area contributed by atoms with E-state index in [0.29, 0.717) is 5.95 Å². The van der Waals surface area contributed by atoms with Gasteiger partial charge in [-0.25, -0.2) is 0 Å². The van der Waals surface area contributed by atoms with Crippen LogP contribution >= 0.6 is 0 Å². The van der Waals surface area contributed by atoms with Crippen molar-refractivity contribution in [1.82, 2.24) is 20.6 Å². The van der Waals surface area contributed by atoms with E-state index in [-0.39, 0.29) is 12.1 Å². The fraction of sp³-hybridized carbons (Fsp3) is 0.875. The lowest BCUT2D eigenvalue weighted by Gasteiger charge is -2.28. The predicted molar refractivity (Wildman–Crippen MR) is 50.9 cm³/mol. The summed E-state index contributed by atoms with van der Waals surface area (Å²) >= 11 is 0. The van der Waals surface area contributed by atoms with Crippen LogP contribution < -0.4 is 5.32 Å². The Morgan fingerprint density at radius 1 is 1.57 bits per heavy atom. The normalized spacial score (nSPS) is 24.5. The first-order chi connectivity index (χ1) is 6.86. The third-order valence-electron chi connectivity index (χ3n) is 2.47. The summed E-state index contributed by atoms with van der Waals surface area (Å²) in [5.74, 6) is 0.534. The Hall–Kier alpha value is -1.17. The van der Waals surface area contributed by atoms with E-state index in [9.17, 15) is 0 Å². The van der Waals surface area contributed by atoms with Crippen LogP contribution in [0.15, 0.2) is 0 Å². The predicted octanol–water partition coefficient (Wildman–Crippen LogP) is 0.569. The molecule has 1 aromatic rings. The first-order valence-corrected chi connectivity index (χ1v) is 4.98. The van der Waals surface area contributed by atoms with E-state index < -0.39 is 0 Å². The van der Waals surface area contributed by atoms with Gasteiger partial charge in [0.2, 0.25) is 0 Å². The van der Waals surface area contributed by atoms with Crippen molar-refractivity contribution >= 4 is 5.95 Å². The fourth-order valence-corrected chi connectivity index (χ4v) is 1.68. The Morgan fingerprint density at radius 2 is 2.50 bits per heavy atom. The number of anilines is 1. The molecular formula is C8H15N5O. The summed E-state index contributed by atoms with van der Waals surface area (Å²) in [4.78, 5) is 0. The van der Waals surface area contributed by atoms with Gasteiger partial charge in [-0.2, -0.15) is 5.21 Å². The highest BCUT2D eigenvalue weighted by molar-refractivity contribution is 5.21. The standard InChI is InChI=1S/C8H15N5O/c1-6(7-4-2-3-5-14-7)9-8-10-12-13-11-8/h6-7H,2-5H2,1H3,(H2,9,10,11,12,13). The van der Waals surface area contributed by atoms with Crippen LogP contribution in [0.2, 0.25) is 0 Å². The van der Waals surface area contributed by atoms with Gasteiger partial charge in [0, 0.05) is 6.61 Å². The molecule has 1 fully saturated rings. The number of nitrogens with one attached hydrogen (secondary N) is 2. The molecule has 6 heteroatoms. The molecular weight excluding hydrogens is 182 g/mol. The number of tetrazole rings is 1. The minimum Gasteiger partial charge on any atom is -0.376 e. The Bertz CT molecular complexity index is 257. The molecule has 1 aliphatic heterocycles. The molecule has 78 valence electrons. The Labute approximate surface area is 82.4 Å². The van der Waals surface area contributed by atoms with Gasteiger partial charge in [0.25, 0.3) is 5.95 Å². The first-order valence-electron chi connectivity index (χ1n) is 4.98. The van der Waals surface area contributed by atoms with Gasteiger partial charge >= 0.3 is 0 Å². The number of hydrogen-bond acceptors (Lipinski definition) is 5. The number of nitrogens with zero attached hydrogens (tertiary/aromatic N) is 3. The van der Waals surface area contributed by atoms with Crippen molar-refractivity contribution in [2.45, 2.75) is 38.3 Å². The molecule has 0 aliphatic carbocycles. The zero-order valence-electron chi connectivity index (χ0n) is 8.23. The van der Waals surface area contributed by atoms with Crippen molar-refractivity contribution in [1.29, 1.82) is 0 Å². The molecule has 6 nitrogen and oxygen atoms in total. The summed E-state index contributed by atoms with van der Waals surface area (Å²) < 4.78 is 5.64. The van der Waals surface area contributed by atoms with E-state index in [4.69, 9.17) is 4.74 Å². The molecule has 1 aliphatic rings. The van der Waals surface area contributed by atoms with Gasteiger partial charge in [0.1, 0.15) is 0 Å². The van der Waals surface area contributed by atoms with Crippen LogP contribution in [0.25, 0.3) is 0 Å². The largest absolute Gasteiger partial charge is 0.376 e. The second-order valence-electron chi connectivity index (χ2n) is 3.57. The summed E-state index contributed by atoms with van der Waals surface area (Å²) in [5.41, 5.74) is 0. The van der Waals surface area contributed by atoms with Gasteiger partial charge in [-0.05, 0) is 31.4 Å². The van der Waals surface area contributed by atoms with Crippen LogP contribution in [0.1, 0.15) is 26.2 Å². The zero-order chi connectivity index (χ0) is 9.80. The number of aromatic nitrogens is 4. The molecule has 2 rings (SSSR count). The van der Waals surface area contributed by atoms with E-state index in [1.807, 2.05) is 0 Å². The molecule has 2 heterocycles. The number of ether oxygens (including phenoxy) is 1. The highest BCUT2D eigenvalue weighted by atomic mass is 16.5. The van der Waals surface area contributed by atoms with Gasteiger partial charge < -0.3 is 10.1 Å². The molecule has 14 heavy (non-hydrogen) atoms. The van der Waals surface area contributed by atoms with Crippen molar-refractivity contribution in [3.63, 3.8) is 0 Å². The van der Waals surface area contributed by atoms with Crippen LogP contribution in [-0.4, -0.2) is 39.4 Å². The van der Waals surface area contributed by atoms with Crippen molar-refractivity contribution in [2.24, 2.45) is 0 Å². The number of aromatic amines is 1. The van der Waals surface area contributed by atoms with Gasteiger partial charge in [-0.3, -0.25) is 0 Å². The van der Waals surface area contributed by atoms with Crippen molar-refractivity contribution < 1.29 is 4.74 Å². The highest BCUT2D eigenvalue weighted by Gasteiger charge is 2.21. The van der Waals surface area contributed by atoms with Crippen molar-refractivity contribution in [3.8, 4) is 0 Å². The quantitative estimate of drug-likeness (QED) is 0.740. The van der Waals surface area contributed by atoms with Gasteiger partial charge in [-0.15, -0.1) is 5.10 Å². The monoisotopic (exact) mass is 197 g/mol. The fourth-order valence-electron chi connectivity index (χ4n) is 1.68. The summed E-state index contributed by atoms with van der Waals surface area (Å²) in [5, 5.41) is 16.7. The Kier molecular flexibility index (Phi) is 2.93. The summed E-state index contributed by atoms with van der Waals surface area (Å²) in [7, 11) is 0. The van der Waals surface area contributed by atoms with Crippen LogP contribution in [-0.2, 0) is 4.74 Å². The third-order valence-corrected chi connectivity index (χ3v) is 2.47. The van der Waals surface area contributed by atoms with Gasteiger partial charge in [0.05, 0.1) is 12.1 Å². The van der Waals surface area contributed by atoms with E-state index in [2.05, 4.69) is 32.9 Å². The molecule has 0 saturated carbocycles. The molecule has 2 N–H and O–H groups in total. The minimum atomic E-state index is 0.230. The molecule has 0 amide bonds. The first kappa shape index (κ1) is 9.39. The second kappa shape index (κ2) is 4.36. The molecule has 0 aromatic carbocycles. The van der Waals surface area contributed by atoms with Crippen molar-refractivity contribution in [2.75, 3.05) is 11.9 Å². The third kappa shape index (κ3) is 2.20. The Morgan fingerprint density at radius 3 is 3.14 bits per heavy atom. The number of rotatable bonds is 3. The van der Waals surface area contributed by atoms with Crippen LogP contribution in [0.5, 0.6) is 0 Å². The molecule has 2 atom stereocenters. The summed E-state index contributed by atoms with van der Waals surface area (Å²) in [6, 6.07) is 0.230. The van der Waals surface area contributed by atoms with Crippen LogP contribution in [0.3, 0.4) is 0 Å². The molecule has 1 aromatic heterocycles. The Balaban J connectivity index is 1.85. The number of H-pyrrole nitrogens is 1. The maximum absolute atomic E-state index is 5.64. The van der Waals surface area contributed by atoms with E-state index >= 15 is 0 Å². The topological polar surface area (TPSA) is 75.7 Å². The minimum absolute atomic E-state index is 0.230.